The Balaban J connectivity index is 1.47. The molecule has 1 fully saturated rings. The zero-order valence-corrected chi connectivity index (χ0v) is 20.5. The van der Waals surface area contributed by atoms with Crippen molar-refractivity contribution < 1.29 is 30.8 Å². The van der Waals surface area contributed by atoms with Crippen LogP contribution in [0.1, 0.15) is 24.1 Å². The summed E-state index contributed by atoms with van der Waals surface area (Å²) in [5, 5.41) is 12.9. The van der Waals surface area contributed by atoms with Crippen LogP contribution in [0.4, 0.5) is 13.2 Å². The number of benzene rings is 1. The smallest absolute Gasteiger partial charge is 0.432 e. The van der Waals surface area contributed by atoms with Crippen LogP contribution >= 0.6 is 0 Å². The Morgan fingerprint density at radius 1 is 1.27 bits per heavy atom. The number of fused-ring (bicyclic) bond motifs is 1. The van der Waals surface area contributed by atoms with Crippen molar-refractivity contribution in [1.29, 1.82) is 5.41 Å². The summed E-state index contributed by atoms with van der Waals surface area (Å²) in [5.74, 6) is -0.521. The van der Waals surface area contributed by atoms with Crippen molar-refractivity contribution in [3.05, 3.63) is 66.0 Å². The first-order valence-electron chi connectivity index (χ1n) is 11.3. The number of carbonyl (C=O) groups is 1. The van der Waals surface area contributed by atoms with E-state index >= 15 is 0 Å². The lowest BCUT2D eigenvalue weighted by Gasteiger charge is -2.22. The monoisotopic (exact) mass is 535 g/mol. The Hall–Kier alpha value is -3.71. The Morgan fingerprint density at radius 3 is 2.73 bits per heavy atom. The largest absolute Gasteiger partial charge is 0.443 e. The van der Waals surface area contributed by atoms with E-state index in [9.17, 15) is 26.4 Å². The molecule has 4 rings (SSSR count). The number of hydrogen-bond acceptors (Lipinski definition) is 7. The molecule has 3 N–H and O–H groups in total. The van der Waals surface area contributed by atoms with Crippen molar-refractivity contribution in [2.75, 3.05) is 13.6 Å². The summed E-state index contributed by atoms with van der Waals surface area (Å²) < 4.78 is 71.4. The van der Waals surface area contributed by atoms with E-state index in [0.717, 1.165) is 4.31 Å². The summed E-state index contributed by atoms with van der Waals surface area (Å²) in [5.41, 5.74) is -0.361. The Labute approximate surface area is 210 Å². The summed E-state index contributed by atoms with van der Waals surface area (Å²) in [6.07, 6.45) is -1.94. The molecule has 0 saturated carbocycles. The molecule has 3 aromatic rings. The van der Waals surface area contributed by atoms with Gasteiger partial charge in [0.2, 0.25) is 11.0 Å². The summed E-state index contributed by atoms with van der Waals surface area (Å²) in [7, 11) is -2.64. The van der Waals surface area contributed by atoms with Crippen LogP contribution in [0.2, 0.25) is 0 Å². The van der Waals surface area contributed by atoms with Gasteiger partial charge in [0.15, 0.2) is 0 Å². The second-order valence-corrected chi connectivity index (χ2v) is 10.2. The van der Waals surface area contributed by atoms with Gasteiger partial charge in [0.25, 0.3) is 10.0 Å². The molecule has 1 atom stereocenters. The van der Waals surface area contributed by atoms with Gasteiger partial charge < -0.3 is 15.1 Å². The molecule has 0 aliphatic carbocycles. The highest BCUT2D eigenvalue weighted by molar-refractivity contribution is 7.89. The first kappa shape index (κ1) is 26.4. The number of carbonyl (C=O) groups excluding carboxylic acids is 1. The number of allylic oxidation sites excluding steroid dienone is 1. The third kappa shape index (κ3) is 5.67. The summed E-state index contributed by atoms with van der Waals surface area (Å²) in [6.45, 7) is 0.0854. The van der Waals surface area contributed by atoms with Gasteiger partial charge in [-0.25, -0.2) is 8.42 Å². The molecule has 0 spiro atoms. The molecule has 196 valence electrons. The summed E-state index contributed by atoms with van der Waals surface area (Å²) in [6, 6.07) is 10.3. The number of rotatable bonds is 8. The number of nitrogens with zero attached hydrogens (tertiary/aromatic N) is 2. The van der Waals surface area contributed by atoms with Gasteiger partial charge >= 0.3 is 6.18 Å². The zero-order valence-electron chi connectivity index (χ0n) is 19.7. The minimum atomic E-state index is -4.79. The van der Waals surface area contributed by atoms with Crippen LogP contribution < -0.4 is 10.6 Å². The summed E-state index contributed by atoms with van der Waals surface area (Å²) in [4.78, 5) is 17.1. The average Bonchev–Trinajstić information content (AvgIpc) is 3.53. The topological polar surface area (TPSA) is 128 Å². The van der Waals surface area contributed by atoms with E-state index in [1.54, 1.807) is 24.3 Å². The predicted octanol–water partition coefficient (Wildman–Crippen LogP) is 3.44. The maximum Gasteiger partial charge on any atom is 0.432 e. The Bertz CT molecular complexity index is 1430. The lowest BCUT2D eigenvalue weighted by Crippen LogP contribution is -2.45. The number of furan rings is 1. The van der Waals surface area contributed by atoms with Gasteiger partial charge in [0.1, 0.15) is 17.3 Å². The molecule has 1 aliphatic heterocycles. The first-order valence-corrected chi connectivity index (χ1v) is 12.7. The molecule has 0 radical (unpaired) electrons. The number of alkyl halides is 3. The number of para-hydroxylation sites is 1. The van der Waals surface area contributed by atoms with Crippen molar-refractivity contribution in [2.24, 2.45) is 0 Å². The lowest BCUT2D eigenvalue weighted by molar-refractivity contribution is -0.124. The van der Waals surface area contributed by atoms with Crippen molar-refractivity contribution in [1.82, 2.24) is 19.9 Å². The van der Waals surface area contributed by atoms with Crippen LogP contribution in [-0.2, 0) is 21.4 Å². The fraction of sp³-hybridized carbons (Fsp3) is 0.292. The second-order valence-electron chi connectivity index (χ2n) is 8.35. The molecule has 3 heterocycles. The van der Waals surface area contributed by atoms with Gasteiger partial charge in [-0.05, 0) is 37.1 Å². The number of amides is 1. The molecule has 13 heteroatoms. The molecule has 1 saturated heterocycles. The SMILES string of the molecule is CN/C(=C\C(=N)C(F)(F)F)c1ccnc(CNC(=O)[C@@H]2CCCN2S(=O)(=O)c2cc3ccccc3o2)c1. The van der Waals surface area contributed by atoms with Gasteiger partial charge in [0, 0.05) is 42.5 Å². The third-order valence-electron chi connectivity index (χ3n) is 5.91. The highest BCUT2D eigenvalue weighted by atomic mass is 32.2. The lowest BCUT2D eigenvalue weighted by atomic mass is 10.1. The fourth-order valence-corrected chi connectivity index (χ4v) is 5.66. The number of halogens is 3. The zero-order chi connectivity index (χ0) is 26.8. The number of pyridine rings is 1. The normalized spacial score (nSPS) is 17.2. The minimum absolute atomic E-state index is 0.0520. The van der Waals surface area contributed by atoms with Crippen molar-refractivity contribution in [3.8, 4) is 0 Å². The average molecular weight is 536 g/mol. The van der Waals surface area contributed by atoms with E-state index in [1.165, 1.54) is 31.4 Å². The van der Waals surface area contributed by atoms with E-state index < -0.39 is 33.9 Å². The number of aromatic nitrogens is 1. The van der Waals surface area contributed by atoms with E-state index in [-0.39, 0.29) is 23.9 Å². The standard InChI is InChI=1S/C24H24F3N5O4S/c1-29-18(13-21(28)24(25,26)27)15-8-9-30-17(11-15)14-31-23(33)19-6-4-10-32(19)37(34,35)22-12-16-5-2-3-7-20(16)36-22/h2-3,5,7-9,11-13,19,28-29H,4,6,10,14H2,1H3,(H,31,33)/b18-13-,28-21?/t19-/m0/s1. The van der Waals surface area contributed by atoms with Crippen LogP contribution in [-0.4, -0.2) is 55.1 Å². The second kappa shape index (κ2) is 10.3. The van der Waals surface area contributed by atoms with E-state index in [2.05, 4.69) is 15.6 Å². The van der Waals surface area contributed by atoms with Crippen molar-refractivity contribution in [2.45, 2.75) is 36.7 Å². The molecular formula is C24H24F3N5O4S. The fourth-order valence-electron chi connectivity index (χ4n) is 4.05. The Morgan fingerprint density at radius 2 is 2.03 bits per heavy atom. The molecule has 0 bridgehead atoms. The van der Waals surface area contributed by atoms with Crippen molar-refractivity contribution in [3.63, 3.8) is 0 Å². The van der Waals surface area contributed by atoms with Crippen molar-refractivity contribution >= 4 is 38.3 Å². The number of sulfonamides is 1. The van der Waals surface area contributed by atoms with E-state index in [0.29, 0.717) is 41.1 Å². The molecule has 9 nitrogen and oxygen atoms in total. The first-order chi connectivity index (χ1) is 17.5. The van der Waals surface area contributed by atoms with Crippen LogP contribution in [0.25, 0.3) is 16.7 Å². The van der Waals surface area contributed by atoms with E-state index in [4.69, 9.17) is 9.83 Å². The Kier molecular flexibility index (Phi) is 7.37. The third-order valence-corrected chi connectivity index (χ3v) is 7.67. The van der Waals surface area contributed by atoms with Gasteiger partial charge in [-0.3, -0.25) is 15.2 Å². The highest BCUT2D eigenvalue weighted by Gasteiger charge is 2.41. The predicted molar refractivity (Wildman–Crippen MR) is 130 cm³/mol. The van der Waals surface area contributed by atoms with E-state index in [1.807, 2.05) is 0 Å². The molecule has 1 amide bonds. The van der Waals surface area contributed by atoms with Gasteiger partial charge in [-0.1, -0.05) is 18.2 Å². The van der Waals surface area contributed by atoms with Crippen LogP contribution in [0.3, 0.4) is 0 Å². The molecule has 1 aromatic carbocycles. The van der Waals surface area contributed by atoms with Crippen LogP contribution in [0.5, 0.6) is 0 Å². The number of hydrogen-bond donors (Lipinski definition) is 3. The van der Waals surface area contributed by atoms with Crippen LogP contribution in [0, 0.1) is 5.41 Å². The highest BCUT2D eigenvalue weighted by Crippen LogP contribution is 2.30. The molecule has 0 unspecified atom stereocenters. The number of nitrogens with one attached hydrogen (secondary N) is 3. The molecule has 37 heavy (non-hydrogen) atoms. The van der Waals surface area contributed by atoms with Crippen LogP contribution in [0.15, 0.2) is 64.2 Å². The maximum atomic E-state index is 13.2. The van der Waals surface area contributed by atoms with Gasteiger partial charge in [-0.15, -0.1) is 0 Å². The summed E-state index contributed by atoms with van der Waals surface area (Å²) >= 11 is 0. The molecule has 1 aliphatic rings. The van der Waals surface area contributed by atoms with Gasteiger partial charge in [0.05, 0.1) is 12.2 Å². The quantitative estimate of drug-likeness (QED) is 0.379. The minimum Gasteiger partial charge on any atom is -0.443 e. The molecular weight excluding hydrogens is 511 g/mol. The molecule has 2 aromatic heterocycles. The van der Waals surface area contributed by atoms with Gasteiger partial charge in [-0.2, -0.15) is 17.5 Å². The maximum absolute atomic E-state index is 13.2.